The van der Waals surface area contributed by atoms with Gasteiger partial charge in [-0.1, -0.05) is 6.92 Å². The Balaban J connectivity index is 1.82. The van der Waals surface area contributed by atoms with Crippen molar-refractivity contribution in [3.8, 4) is 0 Å². The Morgan fingerprint density at radius 1 is 1.33 bits per heavy atom. The molecule has 2 amide bonds. The van der Waals surface area contributed by atoms with E-state index in [1.807, 2.05) is 21.7 Å². The zero-order valence-electron chi connectivity index (χ0n) is 12.4. The summed E-state index contributed by atoms with van der Waals surface area (Å²) in [6, 6.07) is 1.81. The van der Waals surface area contributed by atoms with Gasteiger partial charge in [-0.25, -0.2) is 0 Å². The Morgan fingerprint density at radius 2 is 2.05 bits per heavy atom. The fraction of sp³-hybridized carbons (Fsp3) is 0.600. The molecule has 0 radical (unpaired) electrons. The average Bonchev–Trinajstić information content (AvgIpc) is 3.08. The van der Waals surface area contributed by atoms with Crippen LogP contribution in [0.2, 0.25) is 0 Å². The maximum absolute atomic E-state index is 12.2. The van der Waals surface area contributed by atoms with E-state index >= 15 is 0 Å². The first-order chi connectivity index (χ1) is 10.1. The second kappa shape index (κ2) is 7.64. The summed E-state index contributed by atoms with van der Waals surface area (Å²) < 4.78 is 2.83. The third kappa shape index (κ3) is 4.33. The van der Waals surface area contributed by atoms with E-state index in [0.29, 0.717) is 18.7 Å². The van der Waals surface area contributed by atoms with Gasteiger partial charge in [0.25, 0.3) is 5.91 Å². The molecule has 1 saturated heterocycles. The normalized spacial score (nSPS) is 14.5. The van der Waals surface area contributed by atoms with Crippen molar-refractivity contribution in [2.45, 2.75) is 39.2 Å². The van der Waals surface area contributed by atoms with Gasteiger partial charge in [0, 0.05) is 43.3 Å². The van der Waals surface area contributed by atoms with Crippen molar-refractivity contribution in [2.24, 2.45) is 0 Å². The van der Waals surface area contributed by atoms with Gasteiger partial charge in [0.15, 0.2) is 0 Å². The highest BCUT2D eigenvalue weighted by Gasteiger charge is 2.18. The molecule has 0 aromatic carbocycles. The number of aromatic nitrogens is 1. The molecule has 0 aliphatic carbocycles. The van der Waals surface area contributed by atoms with Crippen LogP contribution in [0.25, 0.3) is 0 Å². The van der Waals surface area contributed by atoms with Crippen LogP contribution in [0.15, 0.2) is 16.7 Å². The van der Waals surface area contributed by atoms with E-state index in [0.717, 1.165) is 43.4 Å². The number of rotatable bonds is 6. The van der Waals surface area contributed by atoms with Gasteiger partial charge >= 0.3 is 0 Å². The largest absolute Gasteiger partial charge is 0.350 e. The summed E-state index contributed by atoms with van der Waals surface area (Å²) in [5.74, 6) is 0.0151. The van der Waals surface area contributed by atoms with Crippen LogP contribution in [0.3, 0.4) is 0 Å². The van der Waals surface area contributed by atoms with Gasteiger partial charge in [0.1, 0.15) is 5.69 Å². The molecule has 1 fully saturated rings. The van der Waals surface area contributed by atoms with E-state index < -0.39 is 0 Å². The van der Waals surface area contributed by atoms with Gasteiger partial charge in [-0.3, -0.25) is 9.59 Å². The van der Waals surface area contributed by atoms with E-state index in [1.54, 1.807) is 0 Å². The SMILES string of the molecule is CCCn1cc(Br)cc1C(=O)NCCC(=O)N1CCCC1. The number of nitrogens with one attached hydrogen (secondary N) is 1. The average molecular weight is 356 g/mol. The summed E-state index contributed by atoms with van der Waals surface area (Å²) in [5.41, 5.74) is 0.636. The highest BCUT2D eigenvalue weighted by atomic mass is 79.9. The van der Waals surface area contributed by atoms with Crippen molar-refractivity contribution < 1.29 is 9.59 Å². The van der Waals surface area contributed by atoms with Gasteiger partial charge in [-0.2, -0.15) is 0 Å². The number of aryl methyl sites for hydroxylation is 1. The fourth-order valence-corrected chi connectivity index (χ4v) is 3.05. The molecule has 1 aromatic rings. The molecular weight excluding hydrogens is 334 g/mol. The maximum Gasteiger partial charge on any atom is 0.267 e. The minimum absolute atomic E-state index is 0.122. The Morgan fingerprint density at radius 3 is 2.71 bits per heavy atom. The quantitative estimate of drug-likeness (QED) is 0.851. The molecule has 0 bridgehead atoms. The summed E-state index contributed by atoms with van der Waals surface area (Å²) in [4.78, 5) is 26.0. The van der Waals surface area contributed by atoms with Crippen molar-refractivity contribution in [3.63, 3.8) is 0 Å². The van der Waals surface area contributed by atoms with E-state index in [4.69, 9.17) is 0 Å². The van der Waals surface area contributed by atoms with Crippen LogP contribution >= 0.6 is 15.9 Å². The molecule has 2 heterocycles. The van der Waals surface area contributed by atoms with Crippen molar-refractivity contribution in [1.29, 1.82) is 0 Å². The van der Waals surface area contributed by atoms with E-state index in [-0.39, 0.29) is 11.8 Å². The third-order valence-electron chi connectivity index (χ3n) is 3.64. The lowest BCUT2D eigenvalue weighted by atomic mass is 10.3. The van der Waals surface area contributed by atoms with Gasteiger partial charge in [-0.15, -0.1) is 0 Å². The van der Waals surface area contributed by atoms with E-state index in [9.17, 15) is 9.59 Å². The Kier molecular flexibility index (Phi) is 5.85. The number of hydrogen-bond donors (Lipinski definition) is 1. The lowest BCUT2D eigenvalue weighted by molar-refractivity contribution is -0.129. The number of halogens is 1. The van der Waals surface area contributed by atoms with Crippen molar-refractivity contribution in [2.75, 3.05) is 19.6 Å². The molecule has 1 aliphatic rings. The summed E-state index contributed by atoms with van der Waals surface area (Å²) in [5, 5.41) is 2.84. The molecule has 0 atom stereocenters. The molecule has 1 aromatic heterocycles. The third-order valence-corrected chi connectivity index (χ3v) is 4.08. The summed E-state index contributed by atoms with van der Waals surface area (Å²) in [6.45, 7) is 4.99. The van der Waals surface area contributed by atoms with Crippen molar-refractivity contribution in [1.82, 2.24) is 14.8 Å². The van der Waals surface area contributed by atoms with Crippen LogP contribution in [-0.2, 0) is 11.3 Å². The minimum Gasteiger partial charge on any atom is -0.350 e. The molecule has 6 heteroatoms. The Hall–Kier alpha value is -1.30. The number of likely N-dealkylation sites (tertiary alicyclic amines) is 1. The van der Waals surface area contributed by atoms with Crippen LogP contribution in [0.1, 0.15) is 43.1 Å². The Bertz CT molecular complexity index is 507. The van der Waals surface area contributed by atoms with Crippen LogP contribution in [0.5, 0.6) is 0 Å². The van der Waals surface area contributed by atoms with E-state index in [1.165, 1.54) is 0 Å². The predicted octanol–water partition coefficient (Wildman–Crippen LogP) is 2.40. The highest BCUT2D eigenvalue weighted by Crippen LogP contribution is 2.15. The molecule has 5 nitrogen and oxygen atoms in total. The first-order valence-corrected chi connectivity index (χ1v) is 8.32. The highest BCUT2D eigenvalue weighted by molar-refractivity contribution is 9.10. The van der Waals surface area contributed by atoms with Crippen molar-refractivity contribution in [3.05, 3.63) is 22.4 Å². The fourth-order valence-electron chi connectivity index (χ4n) is 2.59. The van der Waals surface area contributed by atoms with Crippen molar-refractivity contribution >= 4 is 27.7 Å². The van der Waals surface area contributed by atoms with Crippen LogP contribution < -0.4 is 5.32 Å². The zero-order chi connectivity index (χ0) is 15.2. The van der Waals surface area contributed by atoms with Gasteiger partial charge in [0.2, 0.25) is 5.91 Å². The first-order valence-electron chi connectivity index (χ1n) is 7.53. The van der Waals surface area contributed by atoms with Gasteiger partial charge < -0.3 is 14.8 Å². The number of carbonyl (C=O) groups excluding carboxylic acids is 2. The smallest absolute Gasteiger partial charge is 0.267 e. The lowest BCUT2D eigenvalue weighted by Gasteiger charge is -2.15. The molecule has 0 unspecified atom stereocenters. The van der Waals surface area contributed by atoms with Crippen LogP contribution in [0, 0.1) is 0 Å². The molecule has 116 valence electrons. The minimum atomic E-state index is -0.122. The van der Waals surface area contributed by atoms with Gasteiger partial charge in [0.05, 0.1) is 0 Å². The maximum atomic E-state index is 12.2. The molecule has 21 heavy (non-hydrogen) atoms. The predicted molar refractivity (Wildman–Crippen MR) is 85.2 cm³/mol. The van der Waals surface area contributed by atoms with Crippen LogP contribution in [0.4, 0.5) is 0 Å². The molecule has 1 N–H and O–H groups in total. The van der Waals surface area contributed by atoms with E-state index in [2.05, 4.69) is 28.2 Å². The molecular formula is C15H22BrN3O2. The topological polar surface area (TPSA) is 54.3 Å². The second-order valence-corrected chi connectivity index (χ2v) is 6.25. The molecule has 0 spiro atoms. The number of hydrogen-bond acceptors (Lipinski definition) is 2. The molecule has 0 saturated carbocycles. The molecule has 2 rings (SSSR count). The number of amides is 2. The lowest BCUT2D eigenvalue weighted by Crippen LogP contribution is -2.33. The zero-order valence-corrected chi connectivity index (χ0v) is 14.0. The Labute approximate surface area is 133 Å². The number of nitrogens with zero attached hydrogens (tertiary/aromatic N) is 2. The first kappa shape index (κ1) is 16.1. The summed E-state index contributed by atoms with van der Waals surface area (Å²) in [6.07, 6.45) is 5.44. The standard InChI is InChI=1S/C15H22BrN3O2/c1-2-7-19-11-12(16)10-13(19)15(21)17-6-5-14(20)18-8-3-4-9-18/h10-11H,2-9H2,1H3,(H,17,21). The summed E-state index contributed by atoms with van der Waals surface area (Å²) >= 11 is 3.40. The number of carbonyl (C=O) groups is 2. The monoisotopic (exact) mass is 355 g/mol. The second-order valence-electron chi connectivity index (χ2n) is 5.33. The summed E-state index contributed by atoms with van der Waals surface area (Å²) in [7, 11) is 0. The van der Waals surface area contributed by atoms with Crippen LogP contribution in [-0.4, -0.2) is 40.9 Å². The van der Waals surface area contributed by atoms with Gasteiger partial charge in [-0.05, 0) is 41.3 Å². The molecule has 1 aliphatic heterocycles.